The summed E-state index contributed by atoms with van der Waals surface area (Å²) >= 11 is 1.82. The smallest absolute Gasteiger partial charge is 0.339 e. The van der Waals surface area contributed by atoms with Crippen molar-refractivity contribution in [2.24, 2.45) is 0 Å². The maximum Gasteiger partial charge on any atom is 0.339 e. The summed E-state index contributed by atoms with van der Waals surface area (Å²) in [6, 6.07) is 8.53. The first kappa shape index (κ1) is 15.8. The highest BCUT2D eigenvalue weighted by molar-refractivity contribution is 14.1. The van der Waals surface area contributed by atoms with Crippen molar-refractivity contribution in [3.8, 4) is 5.75 Å². The van der Waals surface area contributed by atoms with E-state index in [4.69, 9.17) is 5.11 Å². The number of nitrogens with one attached hydrogen (secondary N) is 2. The molecule has 4 N–H and O–H groups in total. The normalized spacial score (nSPS) is 10.0. The molecule has 2 rings (SSSR count). The van der Waals surface area contributed by atoms with Crippen molar-refractivity contribution in [3.63, 3.8) is 0 Å². The number of hydrogen-bond donors (Lipinski definition) is 4. The minimum Gasteiger partial charge on any atom is -0.506 e. The van der Waals surface area contributed by atoms with Crippen LogP contribution in [0, 0.1) is 13.7 Å². The number of non-ortho nitro benzene ring substituents is 1. The Balaban J connectivity index is 2.14. The lowest BCUT2D eigenvalue weighted by atomic mass is 10.2. The van der Waals surface area contributed by atoms with Crippen molar-refractivity contribution < 1.29 is 19.9 Å². The zero-order valence-electron chi connectivity index (χ0n) is 10.9. The third-order valence-electron chi connectivity index (χ3n) is 2.72. The van der Waals surface area contributed by atoms with Crippen LogP contribution < -0.4 is 10.9 Å². The number of hydrazine groups is 1. The maximum absolute atomic E-state index is 11.0. The Labute approximate surface area is 138 Å². The van der Waals surface area contributed by atoms with Gasteiger partial charge >= 0.3 is 5.97 Å². The quantitative estimate of drug-likeness (QED) is 0.256. The fourth-order valence-corrected chi connectivity index (χ4v) is 2.27. The van der Waals surface area contributed by atoms with Crippen molar-refractivity contribution in [1.29, 1.82) is 0 Å². The molecule has 0 radical (unpaired) electrons. The highest BCUT2D eigenvalue weighted by Gasteiger charge is 2.14. The first-order valence-corrected chi connectivity index (χ1v) is 6.98. The van der Waals surface area contributed by atoms with Gasteiger partial charge in [0.15, 0.2) is 0 Å². The number of carbonyl (C=O) groups is 1. The number of benzene rings is 2. The number of nitro benzene ring substituents is 1. The van der Waals surface area contributed by atoms with Crippen molar-refractivity contribution in [3.05, 3.63) is 55.6 Å². The summed E-state index contributed by atoms with van der Waals surface area (Å²) in [4.78, 5) is 21.1. The minimum atomic E-state index is -1.24. The Bertz CT molecular complexity index is 733. The Morgan fingerprint density at radius 3 is 2.27 bits per heavy atom. The van der Waals surface area contributed by atoms with Crippen LogP contribution in [0.4, 0.5) is 17.1 Å². The second-order valence-corrected chi connectivity index (χ2v) is 5.38. The van der Waals surface area contributed by atoms with Gasteiger partial charge in [0.05, 0.1) is 19.9 Å². The van der Waals surface area contributed by atoms with Gasteiger partial charge in [-0.05, 0) is 46.9 Å². The fourth-order valence-electron chi connectivity index (χ4n) is 1.65. The van der Waals surface area contributed by atoms with E-state index in [0.29, 0.717) is 14.9 Å². The fraction of sp³-hybridized carbons (Fsp3) is 0. The SMILES string of the molecule is O=C(O)c1cc(NNc2ccc([N+](=O)[O-])cc2)cc(I)c1O. The number of carboxylic acids is 1. The molecular weight excluding hydrogens is 405 g/mol. The van der Waals surface area contributed by atoms with E-state index in [9.17, 15) is 20.0 Å². The van der Waals surface area contributed by atoms with Crippen LogP contribution in [-0.2, 0) is 0 Å². The molecule has 2 aromatic carbocycles. The molecule has 2 aromatic rings. The number of nitrogens with zero attached hydrogens (tertiary/aromatic N) is 1. The zero-order valence-corrected chi connectivity index (χ0v) is 13.1. The van der Waals surface area contributed by atoms with Gasteiger partial charge in [-0.25, -0.2) is 4.79 Å². The number of phenols is 1. The standard InChI is InChI=1S/C13H10IN3O5/c14-11-6-8(5-10(12(11)18)13(19)20)16-15-7-1-3-9(4-2-7)17(21)22/h1-6,15-16,18H,(H,19,20). The van der Waals surface area contributed by atoms with E-state index in [0.717, 1.165) is 0 Å². The predicted octanol–water partition coefficient (Wildman–Crippen LogP) is 3.04. The Kier molecular flexibility index (Phi) is 4.65. The van der Waals surface area contributed by atoms with Crippen LogP contribution in [0.2, 0.25) is 0 Å². The molecule has 0 aliphatic heterocycles. The summed E-state index contributed by atoms with van der Waals surface area (Å²) in [5.74, 6) is -1.54. The van der Waals surface area contributed by atoms with E-state index < -0.39 is 10.9 Å². The van der Waals surface area contributed by atoms with E-state index in [1.807, 2.05) is 22.6 Å². The molecule has 0 saturated heterocycles. The predicted molar refractivity (Wildman–Crippen MR) is 88.1 cm³/mol. The van der Waals surface area contributed by atoms with Gasteiger partial charge in [-0.2, -0.15) is 0 Å². The number of carboxylic acid groups (broad SMARTS) is 1. The van der Waals surface area contributed by atoms with Crippen LogP contribution >= 0.6 is 22.6 Å². The lowest BCUT2D eigenvalue weighted by Gasteiger charge is -2.12. The lowest BCUT2D eigenvalue weighted by Crippen LogP contribution is -2.10. The molecule has 0 atom stereocenters. The van der Waals surface area contributed by atoms with Crippen LogP contribution in [0.5, 0.6) is 5.75 Å². The van der Waals surface area contributed by atoms with Crippen molar-refractivity contribution in [1.82, 2.24) is 0 Å². The molecular formula is C13H10IN3O5. The van der Waals surface area contributed by atoms with E-state index in [-0.39, 0.29) is 17.0 Å². The summed E-state index contributed by atoms with van der Waals surface area (Å²) in [7, 11) is 0. The number of halogens is 1. The molecule has 0 aromatic heterocycles. The van der Waals surface area contributed by atoms with Crippen LogP contribution in [0.15, 0.2) is 36.4 Å². The molecule has 0 bridgehead atoms. The summed E-state index contributed by atoms with van der Waals surface area (Å²) in [6.45, 7) is 0. The molecule has 0 saturated carbocycles. The van der Waals surface area contributed by atoms with Gasteiger partial charge in [0.25, 0.3) is 5.69 Å². The highest BCUT2D eigenvalue weighted by atomic mass is 127. The minimum absolute atomic E-state index is 0.0297. The second-order valence-electron chi connectivity index (χ2n) is 4.21. The first-order chi connectivity index (χ1) is 10.4. The maximum atomic E-state index is 11.0. The number of aromatic hydroxyl groups is 1. The average Bonchev–Trinajstić information content (AvgIpc) is 2.48. The largest absolute Gasteiger partial charge is 0.506 e. The monoisotopic (exact) mass is 415 g/mol. The lowest BCUT2D eigenvalue weighted by molar-refractivity contribution is -0.384. The Morgan fingerprint density at radius 1 is 1.14 bits per heavy atom. The van der Waals surface area contributed by atoms with E-state index in [1.165, 1.54) is 30.3 Å². The summed E-state index contributed by atoms with van der Waals surface area (Å²) in [5.41, 5.74) is 6.30. The molecule has 0 amide bonds. The highest BCUT2D eigenvalue weighted by Crippen LogP contribution is 2.28. The summed E-state index contributed by atoms with van der Waals surface area (Å²) in [6.07, 6.45) is 0. The molecule has 22 heavy (non-hydrogen) atoms. The van der Waals surface area contributed by atoms with Gasteiger partial charge in [-0.15, -0.1) is 0 Å². The Hall–Kier alpha value is -2.56. The van der Waals surface area contributed by atoms with Crippen LogP contribution in [0.3, 0.4) is 0 Å². The molecule has 9 heteroatoms. The number of anilines is 2. The Morgan fingerprint density at radius 2 is 1.73 bits per heavy atom. The van der Waals surface area contributed by atoms with Gasteiger partial charge in [0, 0.05) is 12.1 Å². The van der Waals surface area contributed by atoms with Crippen LogP contribution in [0.25, 0.3) is 0 Å². The molecule has 0 fully saturated rings. The van der Waals surface area contributed by atoms with Gasteiger partial charge in [-0.3, -0.25) is 10.1 Å². The van der Waals surface area contributed by atoms with Gasteiger partial charge in [0.2, 0.25) is 0 Å². The van der Waals surface area contributed by atoms with Gasteiger partial charge in [-0.1, -0.05) is 0 Å². The second kappa shape index (κ2) is 6.47. The average molecular weight is 415 g/mol. The molecule has 0 heterocycles. The van der Waals surface area contributed by atoms with E-state index in [2.05, 4.69) is 10.9 Å². The number of hydrogen-bond acceptors (Lipinski definition) is 6. The molecule has 0 spiro atoms. The third-order valence-corrected chi connectivity index (χ3v) is 3.55. The summed E-state index contributed by atoms with van der Waals surface area (Å²) < 4.78 is 0.380. The van der Waals surface area contributed by atoms with Gasteiger partial charge < -0.3 is 21.1 Å². The number of aromatic carboxylic acids is 1. The van der Waals surface area contributed by atoms with Crippen LogP contribution in [0.1, 0.15) is 10.4 Å². The van der Waals surface area contributed by atoms with Crippen molar-refractivity contribution in [2.75, 3.05) is 10.9 Å². The topological polar surface area (TPSA) is 125 Å². The third kappa shape index (κ3) is 3.55. The van der Waals surface area contributed by atoms with E-state index >= 15 is 0 Å². The summed E-state index contributed by atoms with van der Waals surface area (Å²) in [5, 5.41) is 29.2. The molecule has 0 aliphatic rings. The van der Waals surface area contributed by atoms with E-state index in [1.54, 1.807) is 6.07 Å². The molecule has 114 valence electrons. The molecule has 0 unspecified atom stereocenters. The number of nitro groups is 1. The molecule has 8 nitrogen and oxygen atoms in total. The zero-order chi connectivity index (χ0) is 16.3. The molecule has 0 aliphatic carbocycles. The van der Waals surface area contributed by atoms with Crippen LogP contribution in [-0.4, -0.2) is 21.1 Å². The van der Waals surface area contributed by atoms with Gasteiger partial charge in [0.1, 0.15) is 11.3 Å². The van der Waals surface area contributed by atoms with Crippen molar-refractivity contribution >= 4 is 45.6 Å². The van der Waals surface area contributed by atoms with Crippen molar-refractivity contribution in [2.45, 2.75) is 0 Å². The number of rotatable bonds is 5. The first-order valence-electron chi connectivity index (χ1n) is 5.91.